The van der Waals surface area contributed by atoms with Crippen molar-refractivity contribution in [3.63, 3.8) is 0 Å². The number of nitrogens with zero attached hydrogens (tertiary/aromatic N) is 4. The molecule has 150 valence electrons. The van der Waals surface area contributed by atoms with Crippen molar-refractivity contribution < 1.29 is 21.6 Å². The second kappa shape index (κ2) is 8.46. The van der Waals surface area contributed by atoms with Crippen LogP contribution in [0.5, 0.6) is 0 Å². The molecule has 2 aromatic heterocycles. The summed E-state index contributed by atoms with van der Waals surface area (Å²) in [6.07, 6.45) is -3.80. The van der Waals surface area contributed by atoms with Crippen molar-refractivity contribution in [2.75, 3.05) is 14.1 Å². The van der Waals surface area contributed by atoms with E-state index < -0.39 is 22.0 Å². The average Bonchev–Trinajstić information content (AvgIpc) is 3.08. The van der Waals surface area contributed by atoms with Crippen LogP contribution in [0.25, 0.3) is 17.2 Å². The Hall–Kier alpha value is -2.83. The standard InChI is InChI=1S/C14H10F3N5O2S.C2H7N/c15-14(16,17)13-20-12(9-4-2-1-3-5-9)22(21-13)11-7-6-10(8-19-11)25(18,23)24;1-3-2/h1-8H,(H2,18,23,24);3H,1-2H3. The molecule has 3 rings (SSSR count). The molecule has 3 aromatic rings. The summed E-state index contributed by atoms with van der Waals surface area (Å²) >= 11 is 0. The minimum atomic E-state index is -4.74. The maximum absolute atomic E-state index is 13.0. The molecule has 0 saturated carbocycles. The van der Waals surface area contributed by atoms with E-state index in [4.69, 9.17) is 5.14 Å². The van der Waals surface area contributed by atoms with E-state index in [1.54, 1.807) is 30.3 Å². The highest BCUT2D eigenvalue weighted by Gasteiger charge is 2.37. The van der Waals surface area contributed by atoms with Gasteiger partial charge in [-0.15, -0.1) is 5.10 Å². The average molecular weight is 414 g/mol. The van der Waals surface area contributed by atoms with Crippen molar-refractivity contribution in [3.05, 3.63) is 54.5 Å². The molecule has 28 heavy (non-hydrogen) atoms. The van der Waals surface area contributed by atoms with Gasteiger partial charge in [-0.25, -0.2) is 23.5 Å². The Kier molecular flexibility index (Phi) is 6.48. The smallest absolute Gasteiger partial charge is 0.323 e. The normalized spacial score (nSPS) is 11.6. The summed E-state index contributed by atoms with van der Waals surface area (Å²) in [6, 6.07) is 10.4. The second-order valence-electron chi connectivity index (χ2n) is 5.43. The quantitative estimate of drug-likeness (QED) is 0.676. The first-order valence-corrected chi connectivity index (χ1v) is 9.30. The number of rotatable bonds is 3. The zero-order chi connectivity index (χ0) is 20.9. The fraction of sp³-hybridized carbons (Fsp3) is 0.188. The number of sulfonamides is 1. The fourth-order valence-corrected chi connectivity index (χ4v) is 2.49. The molecule has 0 aliphatic heterocycles. The van der Waals surface area contributed by atoms with Crippen molar-refractivity contribution in [1.29, 1.82) is 0 Å². The summed E-state index contributed by atoms with van der Waals surface area (Å²) in [7, 11) is -0.220. The molecule has 1 aromatic carbocycles. The third-order valence-corrected chi connectivity index (χ3v) is 4.06. The fourth-order valence-electron chi connectivity index (χ4n) is 2.03. The van der Waals surface area contributed by atoms with Crippen LogP contribution in [0.4, 0.5) is 13.2 Å². The Morgan fingerprint density at radius 1 is 1.07 bits per heavy atom. The highest BCUT2D eigenvalue weighted by molar-refractivity contribution is 7.89. The molecule has 0 radical (unpaired) electrons. The number of hydrogen-bond acceptors (Lipinski definition) is 6. The van der Waals surface area contributed by atoms with E-state index in [-0.39, 0.29) is 16.5 Å². The number of aromatic nitrogens is 4. The lowest BCUT2D eigenvalue weighted by Gasteiger charge is -2.05. The maximum atomic E-state index is 13.0. The summed E-state index contributed by atoms with van der Waals surface area (Å²) in [4.78, 5) is 7.10. The van der Waals surface area contributed by atoms with E-state index in [1.165, 1.54) is 6.07 Å². The van der Waals surface area contributed by atoms with Gasteiger partial charge in [0.05, 0.1) is 0 Å². The number of hydrogen-bond donors (Lipinski definition) is 2. The van der Waals surface area contributed by atoms with E-state index in [1.807, 2.05) is 14.1 Å². The van der Waals surface area contributed by atoms with Crippen molar-refractivity contribution in [2.24, 2.45) is 5.14 Å². The van der Waals surface area contributed by atoms with E-state index in [0.29, 0.717) is 5.56 Å². The molecule has 0 saturated heterocycles. The minimum absolute atomic E-state index is 0.0331. The Labute approximate surface area is 159 Å². The number of nitrogens with one attached hydrogen (secondary N) is 1. The number of benzene rings is 1. The van der Waals surface area contributed by atoms with E-state index in [9.17, 15) is 21.6 Å². The highest BCUT2D eigenvalue weighted by Crippen LogP contribution is 2.30. The largest absolute Gasteiger partial charge is 0.453 e. The molecule has 12 heteroatoms. The summed E-state index contributed by atoms with van der Waals surface area (Å²) in [5.41, 5.74) is 0.392. The molecule has 8 nitrogen and oxygen atoms in total. The molecular weight excluding hydrogens is 397 g/mol. The summed E-state index contributed by atoms with van der Waals surface area (Å²) < 4.78 is 62.3. The number of primary sulfonamides is 1. The third-order valence-electron chi connectivity index (χ3n) is 3.16. The van der Waals surface area contributed by atoms with Gasteiger partial charge in [0.1, 0.15) is 4.90 Å². The number of halogens is 3. The zero-order valence-electron chi connectivity index (χ0n) is 14.8. The van der Waals surface area contributed by atoms with Crippen LogP contribution in [0.1, 0.15) is 5.82 Å². The van der Waals surface area contributed by atoms with Gasteiger partial charge < -0.3 is 5.32 Å². The highest BCUT2D eigenvalue weighted by atomic mass is 32.2. The SMILES string of the molecule is CNC.NS(=O)(=O)c1ccc(-n2nc(C(F)(F)F)nc2-c2ccccc2)nc1. The molecule has 3 N–H and O–H groups in total. The van der Waals surface area contributed by atoms with E-state index in [0.717, 1.165) is 16.9 Å². The topological polar surface area (TPSA) is 116 Å². The van der Waals surface area contributed by atoms with Gasteiger partial charge >= 0.3 is 6.18 Å². The molecule has 0 aliphatic carbocycles. The molecule has 0 bridgehead atoms. The number of alkyl halides is 3. The first-order valence-electron chi connectivity index (χ1n) is 7.75. The van der Waals surface area contributed by atoms with Crippen LogP contribution in [0, 0.1) is 0 Å². The van der Waals surface area contributed by atoms with Gasteiger partial charge in [-0.2, -0.15) is 17.9 Å². The Morgan fingerprint density at radius 2 is 1.68 bits per heavy atom. The van der Waals surface area contributed by atoms with Crippen LogP contribution < -0.4 is 10.5 Å². The van der Waals surface area contributed by atoms with Crippen molar-refractivity contribution in [2.45, 2.75) is 11.1 Å². The van der Waals surface area contributed by atoms with Crippen LogP contribution >= 0.6 is 0 Å². The predicted octanol–water partition coefficient (Wildman–Crippen LogP) is 1.83. The van der Waals surface area contributed by atoms with Gasteiger partial charge in [0.25, 0.3) is 5.82 Å². The van der Waals surface area contributed by atoms with Crippen molar-refractivity contribution in [1.82, 2.24) is 25.1 Å². The Bertz CT molecular complexity index is 1020. The summed E-state index contributed by atoms with van der Waals surface area (Å²) in [5.74, 6) is -1.44. The number of pyridine rings is 1. The lowest BCUT2D eigenvalue weighted by atomic mass is 10.2. The van der Waals surface area contributed by atoms with Gasteiger partial charge in [-0.05, 0) is 26.2 Å². The molecule has 2 heterocycles. The first-order chi connectivity index (χ1) is 13.1. The van der Waals surface area contributed by atoms with Gasteiger partial charge in [0.15, 0.2) is 11.6 Å². The van der Waals surface area contributed by atoms with Crippen LogP contribution in [-0.4, -0.2) is 42.3 Å². The Balaban J connectivity index is 0.000000878. The summed E-state index contributed by atoms with van der Waals surface area (Å²) in [6.45, 7) is 0. The number of nitrogens with two attached hydrogens (primary N) is 1. The monoisotopic (exact) mass is 414 g/mol. The molecule has 0 unspecified atom stereocenters. The van der Waals surface area contributed by atoms with Crippen molar-refractivity contribution >= 4 is 10.0 Å². The lowest BCUT2D eigenvalue weighted by Crippen LogP contribution is -2.13. The van der Waals surface area contributed by atoms with Gasteiger partial charge in [0, 0.05) is 11.8 Å². The maximum Gasteiger partial charge on any atom is 0.453 e. The summed E-state index contributed by atoms with van der Waals surface area (Å²) in [5, 5.41) is 11.2. The van der Waals surface area contributed by atoms with Crippen molar-refractivity contribution in [3.8, 4) is 17.2 Å². The van der Waals surface area contributed by atoms with Crippen LogP contribution in [0.15, 0.2) is 53.6 Å². The lowest BCUT2D eigenvalue weighted by molar-refractivity contribution is -0.144. The zero-order valence-corrected chi connectivity index (χ0v) is 15.7. The van der Waals surface area contributed by atoms with Gasteiger partial charge in [-0.1, -0.05) is 30.3 Å². The molecule has 0 amide bonds. The van der Waals surface area contributed by atoms with E-state index in [2.05, 4.69) is 20.4 Å². The third kappa shape index (κ3) is 5.12. The minimum Gasteiger partial charge on any atom is -0.323 e. The predicted molar refractivity (Wildman–Crippen MR) is 95.9 cm³/mol. The van der Waals surface area contributed by atoms with Gasteiger partial charge in [0.2, 0.25) is 10.0 Å². The molecule has 0 atom stereocenters. The Morgan fingerprint density at radius 3 is 2.14 bits per heavy atom. The first kappa shape index (κ1) is 21.5. The van der Waals surface area contributed by atoms with E-state index >= 15 is 0 Å². The molecule has 0 fully saturated rings. The van der Waals surface area contributed by atoms with Gasteiger partial charge in [-0.3, -0.25) is 0 Å². The van der Waals surface area contributed by atoms with Crippen LogP contribution in [0.2, 0.25) is 0 Å². The molecule has 0 aliphatic rings. The van der Waals surface area contributed by atoms with Crippen LogP contribution in [-0.2, 0) is 16.2 Å². The van der Waals surface area contributed by atoms with Crippen LogP contribution in [0.3, 0.4) is 0 Å². The molecular formula is C16H17F3N6O2S. The molecule has 0 spiro atoms. The second-order valence-corrected chi connectivity index (χ2v) is 6.99.